The summed E-state index contributed by atoms with van der Waals surface area (Å²) in [4.78, 5) is 10.6. The maximum Gasteiger partial charge on any atom is 0.167 e. The van der Waals surface area contributed by atoms with Crippen LogP contribution in [0.5, 0.6) is 0 Å². The Morgan fingerprint density at radius 2 is 2.19 bits per heavy atom. The molecule has 2 aromatic heterocycles. The molecule has 3 rings (SSSR count). The fraction of sp³-hybridized carbons (Fsp3) is 0.143. The second kappa shape index (κ2) is 5.55. The highest BCUT2D eigenvalue weighted by molar-refractivity contribution is 7.18. The number of halogens is 2. The van der Waals surface area contributed by atoms with Gasteiger partial charge < -0.3 is 5.43 Å². The third-order valence-corrected chi connectivity index (χ3v) is 4.60. The first-order valence-electron chi connectivity index (χ1n) is 6.35. The number of anilines is 1. The van der Waals surface area contributed by atoms with Gasteiger partial charge in [0.05, 0.1) is 16.0 Å². The Hall–Kier alpha value is -1.76. The molecular weight excluding hydrogens is 311 g/mol. The first-order chi connectivity index (χ1) is 10.1. The van der Waals surface area contributed by atoms with E-state index < -0.39 is 5.82 Å². The molecule has 3 N–H and O–H groups in total. The minimum Gasteiger partial charge on any atom is -0.308 e. The monoisotopic (exact) mass is 322 g/mol. The molecule has 0 aliphatic carbocycles. The number of fused-ring (bicyclic) bond motifs is 1. The van der Waals surface area contributed by atoms with E-state index in [0.29, 0.717) is 5.82 Å². The van der Waals surface area contributed by atoms with E-state index in [4.69, 9.17) is 17.4 Å². The minimum absolute atomic E-state index is 0.184. The molecule has 0 bridgehead atoms. The normalized spacial score (nSPS) is 11.0. The molecule has 0 aliphatic heterocycles. The van der Waals surface area contributed by atoms with Crippen molar-refractivity contribution >= 4 is 39.0 Å². The van der Waals surface area contributed by atoms with Gasteiger partial charge in [-0.2, -0.15) is 0 Å². The Bertz CT molecular complexity index is 798. The molecule has 2 heterocycles. The van der Waals surface area contributed by atoms with Crippen LogP contribution in [0.2, 0.25) is 5.02 Å². The van der Waals surface area contributed by atoms with Gasteiger partial charge in [0, 0.05) is 4.88 Å². The van der Waals surface area contributed by atoms with E-state index in [0.717, 1.165) is 21.5 Å². The van der Waals surface area contributed by atoms with Crippen molar-refractivity contribution in [2.45, 2.75) is 13.3 Å². The molecule has 0 fully saturated rings. The van der Waals surface area contributed by atoms with Crippen molar-refractivity contribution in [1.82, 2.24) is 9.97 Å². The molecule has 7 heteroatoms. The maximum atomic E-state index is 14.0. The van der Waals surface area contributed by atoms with Crippen LogP contribution in [0, 0.1) is 5.82 Å². The van der Waals surface area contributed by atoms with Crippen LogP contribution in [0.1, 0.15) is 11.8 Å². The van der Waals surface area contributed by atoms with Crippen LogP contribution in [0.25, 0.3) is 21.6 Å². The third-order valence-electron chi connectivity index (χ3n) is 3.12. The number of thiophene rings is 1. The quantitative estimate of drug-likeness (QED) is 0.565. The van der Waals surface area contributed by atoms with Crippen LogP contribution in [0.3, 0.4) is 0 Å². The summed E-state index contributed by atoms with van der Waals surface area (Å²) in [5, 5.41) is 1.10. The molecule has 0 radical (unpaired) electrons. The minimum atomic E-state index is -0.461. The Morgan fingerprint density at radius 3 is 2.86 bits per heavy atom. The zero-order valence-electron chi connectivity index (χ0n) is 11.2. The summed E-state index contributed by atoms with van der Waals surface area (Å²) in [5.41, 5.74) is 2.73. The summed E-state index contributed by atoms with van der Waals surface area (Å²) in [5.74, 6) is 5.75. The van der Waals surface area contributed by atoms with E-state index in [1.54, 1.807) is 12.1 Å². The lowest BCUT2D eigenvalue weighted by molar-refractivity contribution is 0.630. The van der Waals surface area contributed by atoms with Gasteiger partial charge in [0.1, 0.15) is 10.6 Å². The lowest BCUT2D eigenvalue weighted by Crippen LogP contribution is -2.10. The number of aromatic nitrogens is 2. The van der Waals surface area contributed by atoms with E-state index in [2.05, 4.69) is 22.3 Å². The summed E-state index contributed by atoms with van der Waals surface area (Å²) in [6.07, 6.45) is 0.890. The van der Waals surface area contributed by atoms with Crippen molar-refractivity contribution < 1.29 is 4.39 Å². The van der Waals surface area contributed by atoms with Gasteiger partial charge in [0.25, 0.3) is 0 Å². The summed E-state index contributed by atoms with van der Waals surface area (Å²) >= 11 is 7.61. The number of nitrogens with one attached hydrogen (secondary N) is 1. The molecule has 0 saturated heterocycles. The van der Waals surface area contributed by atoms with E-state index in [1.807, 2.05) is 6.07 Å². The molecule has 4 nitrogen and oxygen atoms in total. The number of hydrazine groups is 1. The molecule has 108 valence electrons. The molecule has 0 aliphatic rings. The number of benzene rings is 1. The zero-order chi connectivity index (χ0) is 15.0. The Kier molecular flexibility index (Phi) is 3.75. The number of nitrogens with two attached hydrogens (primary N) is 1. The van der Waals surface area contributed by atoms with E-state index in [1.165, 1.54) is 17.4 Å². The van der Waals surface area contributed by atoms with Crippen molar-refractivity contribution in [3.63, 3.8) is 0 Å². The van der Waals surface area contributed by atoms with Gasteiger partial charge in [0.15, 0.2) is 11.6 Å². The largest absolute Gasteiger partial charge is 0.308 e. The van der Waals surface area contributed by atoms with Crippen molar-refractivity contribution in [2.24, 2.45) is 5.84 Å². The van der Waals surface area contributed by atoms with Gasteiger partial charge >= 0.3 is 0 Å². The van der Waals surface area contributed by atoms with Crippen LogP contribution < -0.4 is 11.3 Å². The molecule has 0 amide bonds. The number of hydrogen-bond acceptors (Lipinski definition) is 5. The molecule has 0 unspecified atom stereocenters. The Balaban J connectivity index is 2.28. The summed E-state index contributed by atoms with van der Waals surface area (Å²) in [6, 6.07) is 6.47. The van der Waals surface area contributed by atoms with Crippen molar-refractivity contribution in [2.75, 3.05) is 5.43 Å². The molecule has 0 saturated carbocycles. The fourth-order valence-electron chi connectivity index (χ4n) is 2.08. The average Bonchev–Trinajstić information content (AvgIpc) is 2.89. The van der Waals surface area contributed by atoms with Crippen LogP contribution in [0.4, 0.5) is 10.2 Å². The number of hydrogen-bond donors (Lipinski definition) is 2. The maximum absolute atomic E-state index is 14.0. The van der Waals surface area contributed by atoms with Gasteiger partial charge in [-0.3, -0.25) is 0 Å². The second-order valence-electron chi connectivity index (χ2n) is 4.42. The summed E-state index contributed by atoms with van der Waals surface area (Å²) in [6.45, 7) is 2.06. The van der Waals surface area contributed by atoms with Crippen molar-refractivity contribution in [3.8, 4) is 11.4 Å². The number of aryl methyl sites for hydroxylation is 1. The number of rotatable bonds is 3. The van der Waals surface area contributed by atoms with Crippen molar-refractivity contribution in [3.05, 3.63) is 40.0 Å². The van der Waals surface area contributed by atoms with E-state index in [9.17, 15) is 4.39 Å². The fourth-order valence-corrected chi connectivity index (χ4v) is 3.29. The predicted molar refractivity (Wildman–Crippen MR) is 85.0 cm³/mol. The lowest BCUT2D eigenvalue weighted by Gasteiger charge is -2.07. The molecule has 1 aromatic carbocycles. The van der Waals surface area contributed by atoms with Gasteiger partial charge in [-0.1, -0.05) is 24.6 Å². The number of nitrogens with zero attached hydrogens (tertiary/aromatic N) is 2. The molecule has 0 atom stereocenters. The third kappa shape index (κ3) is 2.46. The highest BCUT2D eigenvalue weighted by atomic mass is 35.5. The highest BCUT2D eigenvalue weighted by Gasteiger charge is 2.16. The molecular formula is C14H12ClFN4S. The van der Waals surface area contributed by atoms with Gasteiger partial charge in [-0.05, 0) is 24.6 Å². The molecule has 0 spiro atoms. The zero-order valence-corrected chi connectivity index (χ0v) is 12.7. The Morgan fingerprint density at radius 1 is 1.38 bits per heavy atom. The van der Waals surface area contributed by atoms with Crippen LogP contribution in [0.15, 0.2) is 24.3 Å². The average molecular weight is 323 g/mol. The molecule has 21 heavy (non-hydrogen) atoms. The van der Waals surface area contributed by atoms with Crippen LogP contribution in [-0.4, -0.2) is 9.97 Å². The topological polar surface area (TPSA) is 63.8 Å². The lowest BCUT2D eigenvalue weighted by atomic mass is 10.2. The highest BCUT2D eigenvalue weighted by Crippen LogP contribution is 2.34. The van der Waals surface area contributed by atoms with Crippen molar-refractivity contribution in [1.29, 1.82) is 0 Å². The first kappa shape index (κ1) is 14.2. The smallest absolute Gasteiger partial charge is 0.167 e. The second-order valence-corrected chi connectivity index (χ2v) is 5.94. The summed E-state index contributed by atoms with van der Waals surface area (Å²) in [7, 11) is 0. The van der Waals surface area contributed by atoms with Gasteiger partial charge in [0.2, 0.25) is 0 Å². The standard InChI is InChI=1S/C14H12ClFN4S/c1-2-7-6-8-12(20-17)18-13(19-14(8)21-7)11-9(15)4-3-5-10(11)16/h3-6H,2,17H2,1H3,(H,18,19,20). The van der Waals surface area contributed by atoms with Gasteiger partial charge in [-0.25, -0.2) is 20.2 Å². The van der Waals surface area contributed by atoms with E-state index >= 15 is 0 Å². The predicted octanol–water partition coefficient (Wildman–Crippen LogP) is 4.00. The number of nitrogen functional groups attached to an aromatic ring is 1. The SMILES string of the molecule is CCc1cc2c(NN)nc(-c3c(F)cccc3Cl)nc2s1. The Labute approximate surface area is 129 Å². The van der Waals surface area contributed by atoms with Crippen LogP contribution >= 0.6 is 22.9 Å². The summed E-state index contributed by atoms with van der Waals surface area (Å²) < 4.78 is 14.0. The first-order valence-corrected chi connectivity index (χ1v) is 7.55. The van der Waals surface area contributed by atoms with Crippen LogP contribution in [-0.2, 0) is 6.42 Å². The van der Waals surface area contributed by atoms with Gasteiger partial charge in [-0.15, -0.1) is 11.3 Å². The van der Waals surface area contributed by atoms with E-state index in [-0.39, 0.29) is 16.4 Å². The molecule has 3 aromatic rings.